The zero-order valence-corrected chi connectivity index (χ0v) is 8.95. The van der Waals surface area contributed by atoms with E-state index >= 15 is 0 Å². The first kappa shape index (κ1) is 8.15. The van der Waals surface area contributed by atoms with Crippen molar-refractivity contribution in [3.05, 3.63) is 42.5 Å². The van der Waals surface area contributed by atoms with E-state index in [1.807, 2.05) is 0 Å². The SMILES string of the molecule is C=C(CC12C3CCC1C32)c1ccccc1. The fourth-order valence-electron chi connectivity index (χ4n) is 4.37. The largest absolute Gasteiger partial charge is 0.0952 e. The Morgan fingerprint density at radius 3 is 2.47 bits per heavy atom. The summed E-state index contributed by atoms with van der Waals surface area (Å²) in [7, 11) is 0. The molecule has 1 aromatic rings. The van der Waals surface area contributed by atoms with E-state index in [1.54, 1.807) is 0 Å². The van der Waals surface area contributed by atoms with Gasteiger partial charge in [-0.05, 0) is 53.6 Å². The van der Waals surface area contributed by atoms with Crippen molar-refractivity contribution >= 4 is 5.57 Å². The summed E-state index contributed by atoms with van der Waals surface area (Å²) < 4.78 is 0. The molecule has 2 unspecified atom stereocenters. The van der Waals surface area contributed by atoms with E-state index in [9.17, 15) is 0 Å². The molecule has 2 bridgehead atoms. The molecule has 4 aliphatic rings. The molecule has 0 radical (unpaired) electrons. The van der Waals surface area contributed by atoms with Gasteiger partial charge in [-0.1, -0.05) is 36.9 Å². The maximum Gasteiger partial charge on any atom is -0.0161 e. The van der Waals surface area contributed by atoms with E-state index in [-0.39, 0.29) is 0 Å². The number of fused-ring (bicyclic) bond motifs is 1. The van der Waals surface area contributed by atoms with Crippen LogP contribution in [-0.4, -0.2) is 0 Å². The summed E-state index contributed by atoms with van der Waals surface area (Å²) >= 11 is 0. The van der Waals surface area contributed by atoms with Gasteiger partial charge in [-0.3, -0.25) is 0 Å². The van der Waals surface area contributed by atoms with Gasteiger partial charge in [-0.2, -0.15) is 0 Å². The molecular weight excluding hydrogens is 180 g/mol. The molecule has 5 rings (SSSR count). The predicted molar refractivity (Wildman–Crippen MR) is 62.2 cm³/mol. The third kappa shape index (κ3) is 0.844. The maximum absolute atomic E-state index is 4.27. The van der Waals surface area contributed by atoms with E-state index < -0.39 is 0 Å². The molecule has 0 amide bonds. The molecule has 15 heavy (non-hydrogen) atoms. The van der Waals surface area contributed by atoms with Gasteiger partial charge in [0.1, 0.15) is 0 Å². The Balaban J connectivity index is 1.54. The highest BCUT2D eigenvalue weighted by Gasteiger charge is 2.87. The summed E-state index contributed by atoms with van der Waals surface area (Å²) in [6.07, 6.45) is 4.30. The van der Waals surface area contributed by atoms with Crippen molar-refractivity contribution in [2.45, 2.75) is 19.3 Å². The van der Waals surface area contributed by atoms with Gasteiger partial charge in [0.25, 0.3) is 0 Å². The van der Waals surface area contributed by atoms with Gasteiger partial charge >= 0.3 is 0 Å². The summed E-state index contributed by atoms with van der Waals surface area (Å²) in [5.41, 5.74) is 3.49. The van der Waals surface area contributed by atoms with Crippen LogP contribution in [0.3, 0.4) is 0 Å². The van der Waals surface area contributed by atoms with Crippen LogP contribution in [-0.2, 0) is 0 Å². The Labute approximate surface area is 91.0 Å². The van der Waals surface area contributed by atoms with Gasteiger partial charge in [0, 0.05) is 0 Å². The number of allylic oxidation sites excluding steroid dienone is 1. The standard InChI is InChI=1S/C15H16/c1-10(11-5-3-2-4-6-11)9-15-12-7-8-13(15)14(12)15/h2-6,12-14H,1,7-9H2. The Hall–Kier alpha value is -1.04. The van der Waals surface area contributed by atoms with E-state index in [2.05, 4.69) is 36.9 Å². The Morgan fingerprint density at radius 2 is 1.87 bits per heavy atom. The lowest BCUT2D eigenvalue weighted by Gasteiger charge is -2.10. The smallest absolute Gasteiger partial charge is 0.0161 e. The second kappa shape index (κ2) is 2.37. The van der Waals surface area contributed by atoms with E-state index in [0.717, 1.165) is 23.2 Å². The molecule has 0 aromatic heterocycles. The van der Waals surface area contributed by atoms with Gasteiger partial charge < -0.3 is 0 Å². The molecule has 0 nitrogen and oxygen atoms in total. The molecule has 1 aromatic carbocycles. The first-order valence-corrected chi connectivity index (χ1v) is 6.07. The second-order valence-corrected chi connectivity index (χ2v) is 5.57. The van der Waals surface area contributed by atoms with Crippen molar-refractivity contribution in [2.24, 2.45) is 23.2 Å². The predicted octanol–water partition coefficient (Wildman–Crippen LogP) is 3.75. The summed E-state index contributed by atoms with van der Waals surface area (Å²) in [6.45, 7) is 4.27. The average molecular weight is 196 g/mol. The molecule has 4 saturated carbocycles. The third-order valence-corrected chi connectivity index (χ3v) is 5.14. The maximum atomic E-state index is 4.27. The van der Waals surface area contributed by atoms with Gasteiger partial charge in [0.05, 0.1) is 0 Å². The van der Waals surface area contributed by atoms with Crippen LogP contribution in [0.5, 0.6) is 0 Å². The number of hydrogen-bond donors (Lipinski definition) is 0. The van der Waals surface area contributed by atoms with Gasteiger partial charge in [-0.25, -0.2) is 0 Å². The van der Waals surface area contributed by atoms with Crippen molar-refractivity contribution in [1.82, 2.24) is 0 Å². The quantitative estimate of drug-likeness (QED) is 0.690. The molecule has 0 spiro atoms. The molecule has 2 atom stereocenters. The molecular formula is C15H16. The van der Waals surface area contributed by atoms with Gasteiger partial charge in [0.15, 0.2) is 0 Å². The van der Waals surface area contributed by atoms with Crippen molar-refractivity contribution < 1.29 is 0 Å². The van der Waals surface area contributed by atoms with Crippen LogP contribution in [0.15, 0.2) is 36.9 Å². The molecule has 0 aliphatic heterocycles. The van der Waals surface area contributed by atoms with Crippen molar-refractivity contribution in [3.8, 4) is 0 Å². The van der Waals surface area contributed by atoms with Crippen LogP contribution >= 0.6 is 0 Å². The molecule has 0 saturated heterocycles. The molecule has 76 valence electrons. The topological polar surface area (TPSA) is 0 Å². The summed E-state index contributed by atoms with van der Waals surface area (Å²) in [5.74, 6) is 3.32. The zero-order valence-electron chi connectivity index (χ0n) is 8.95. The van der Waals surface area contributed by atoms with Gasteiger partial charge in [-0.15, -0.1) is 0 Å². The molecule has 0 heterocycles. The lowest BCUT2D eigenvalue weighted by molar-refractivity contribution is 0.501. The zero-order chi connectivity index (χ0) is 10.0. The summed E-state index contributed by atoms with van der Waals surface area (Å²) in [5, 5.41) is 0. The fourth-order valence-corrected chi connectivity index (χ4v) is 4.37. The molecule has 4 aliphatic carbocycles. The first-order chi connectivity index (χ1) is 7.34. The Bertz CT molecular complexity index is 407. The lowest BCUT2D eigenvalue weighted by Crippen LogP contribution is -1.99. The minimum absolute atomic E-state index is 0.771. The number of benzene rings is 1. The molecule has 0 heteroatoms. The van der Waals surface area contributed by atoms with Crippen molar-refractivity contribution in [3.63, 3.8) is 0 Å². The fraction of sp³-hybridized carbons (Fsp3) is 0.467. The highest BCUT2D eigenvalue weighted by Crippen LogP contribution is 2.93. The van der Waals surface area contributed by atoms with Crippen LogP contribution in [0.25, 0.3) is 5.57 Å². The third-order valence-electron chi connectivity index (χ3n) is 5.14. The van der Waals surface area contributed by atoms with Crippen LogP contribution in [0.1, 0.15) is 24.8 Å². The van der Waals surface area contributed by atoms with E-state index in [1.165, 1.54) is 30.4 Å². The summed E-state index contributed by atoms with van der Waals surface area (Å²) in [4.78, 5) is 0. The minimum atomic E-state index is 0.771. The molecule has 4 fully saturated rings. The van der Waals surface area contributed by atoms with Crippen LogP contribution in [0, 0.1) is 23.2 Å². The molecule has 0 N–H and O–H groups in total. The minimum Gasteiger partial charge on any atom is -0.0952 e. The van der Waals surface area contributed by atoms with E-state index in [4.69, 9.17) is 0 Å². The van der Waals surface area contributed by atoms with Crippen LogP contribution in [0.2, 0.25) is 0 Å². The average Bonchev–Trinajstić information content (AvgIpc) is 2.90. The van der Waals surface area contributed by atoms with Crippen molar-refractivity contribution in [2.75, 3.05) is 0 Å². The normalized spacial score (nSPS) is 43.6. The highest BCUT2D eigenvalue weighted by atomic mass is 14.9. The summed E-state index contributed by atoms with van der Waals surface area (Å²) in [6, 6.07) is 10.7. The van der Waals surface area contributed by atoms with Gasteiger partial charge in [0.2, 0.25) is 0 Å². The van der Waals surface area contributed by atoms with Crippen LogP contribution in [0.4, 0.5) is 0 Å². The number of rotatable bonds is 3. The van der Waals surface area contributed by atoms with E-state index in [0.29, 0.717) is 0 Å². The highest BCUT2D eigenvalue weighted by molar-refractivity contribution is 5.66. The Kier molecular flexibility index (Phi) is 1.29. The second-order valence-electron chi connectivity index (χ2n) is 5.57. The lowest BCUT2D eigenvalue weighted by atomic mass is 9.94. The van der Waals surface area contributed by atoms with Crippen molar-refractivity contribution in [1.29, 1.82) is 0 Å². The number of hydrogen-bond acceptors (Lipinski definition) is 0. The Morgan fingerprint density at radius 1 is 1.20 bits per heavy atom. The van der Waals surface area contributed by atoms with Crippen LogP contribution < -0.4 is 0 Å². The monoisotopic (exact) mass is 196 g/mol. The first-order valence-electron chi connectivity index (χ1n) is 6.07.